The van der Waals surface area contributed by atoms with Crippen LogP contribution in [0.1, 0.15) is 92.8 Å². The predicted octanol–water partition coefficient (Wildman–Crippen LogP) is 7.91. The summed E-state index contributed by atoms with van der Waals surface area (Å²) in [4.78, 5) is 34.6. The lowest BCUT2D eigenvalue weighted by Gasteiger charge is -2.36. The lowest BCUT2D eigenvalue weighted by atomic mass is 9.91. The van der Waals surface area contributed by atoms with Gasteiger partial charge in [0.25, 0.3) is 5.91 Å². The van der Waals surface area contributed by atoms with Gasteiger partial charge in [-0.3, -0.25) is 14.5 Å². The molecule has 1 unspecified atom stereocenters. The van der Waals surface area contributed by atoms with Crippen molar-refractivity contribution in [3.63, 3.8) is 0 Å². The Morgan fingerprint density at radius 1 is 1.04 bits per heavy atom. The Kier molecular flexibility index (Phi) is 10.2. The molecule has 0 spiro atoms. The number of benzene rings is 2. The molecule has 1 amide bonds. The number of aliphatic carboxylic acids is 1. The van der Waals surface area contributed by atoms with Crippen LogP contribution in [-0.4, -0.2) is 48.2 Å². The molecule has 0 radical (unpaired) electrons. The highest BCUT2D eigenvalue weighted by Gasteiger charge is 2.34. The number of carbonyl (C=O) groups is 2. The van der Waals surface area contributed by atoms with E-state index in [1.165, 1.54) is 5.56 Å². The minimum Gasteiger partial charge on any atom is -0.493 e. The van der Waals surface area contributed by atoms with Crippen molar-refractivity contribution in [3.8, 4) is 5.75 Å². The lowest BCUT2D eigenvalue weighted by Crippen LogP contribution is -2.41. The van der Waals surface area contributed by atoms with Gasteiger partial charge in [0.1, 0.15) is 11.6 Å². The average molecular weight is 612 g/mol. The Balaban J connectivity index is 1.28. The molecule has 1 aromatic heterocycles. The minimum atomic E-state index is -0.743. The molecular weight excluding hydrogens is 562 g/mol. The molecular formula is C38H49N3O4. The average Bonchev–Trinajstić information content (AvgIpc) is 3.86. The molecule has 7 heteroatoms. The lowest BCUT2D eigenvalue weighted by molar-refractivity contribution is -0.137. The van der Waals surface area contributed by atoms with Crippen LogP contribution in [0.2, 0.25) is 0 Å². The maximum Gasteiger partial charge on any atom is 0.303 e. The number of carboxylic acid groups (broad SMARTS) is 1. The van der Waals surface area contributed by atoms with E-state index < -0.39 is 5.97 Å². The summed E-state index contributed by atoms with van der Waals surface area (Å²) in [5.41, 5.74) is 4.99. The number of aryl methyl sites for hydroxylation is 2. The van der Waals surface area contributed by atoms with E-state index in [2.05, 4.69) is 49.7 Å². The molecule has 3 aromatic rings. The summed E-state index contributed by atoms with van der Waals surface area (Å²) in [6, 6.07) is 18.3. The van der Waals surface area contributed by atoms with Gasteiger partial charge in [0.2, 0.25) is 0 Å². The Morgan fingerprint density at radius 2 is 1.80 bits per heavy atom. The monoisotopic (exact) mass is 611 g/mol. The molecule has 0 bridgehead atoms. The van der Waals surface area contributed by atoms with Crippen molar-refractivity contribution in [2.24, 2.45) is 17.3 Å². The molecule has 45 heavy (non-hydrogen) atoms. The van der Waals surface area contributed by atoms with Crippen molar-refractivity contribution < 1.29 is 19.4 Å². The van der Waals surface area contributed by atoms with E-state index in [4.69, 9.17) is 4.74 Å². The van der Waals surface area contributed by atoms with Crippen LogP contribution in [0.5, 0.6) is 5.75 Å². The highest BCUT2D eigenvalue weighted by atomic mass is 16.5. The van der Waals surface area contributed by atoms with Gasteiger partial charge in [-0.05, 0) is 115 Å². The second-order valence-corrected chi connectivity index (χ2v) is 14.2. The molecule has 2 aromatic carbocycles. The number of hydrogen-bond donors (Lipinski definition) is 1. The quantitative estimate of drug-likeness (QED) is 0.224. The second kappa shape index (κ2) is 14.1. The summed E-state index contributed by atoms with van der Waals surface area (Å²) < 4.78 is 6.28. The van der Waals surface area contributed by atoms with Crippen molar-refractivity contribution in [1.29, 1.82) is 0 Å². The summed E-state index contributed by atoms with van der Waals surface area (Å²) in [7, 11) is 0. The van der Waals surface area contributed by atoms with Gasteiger partial charge in [-0.25, -0.2) is 4.98 Å². The summed E-state index contributed by atoms with van der Waals surface area (Å²) in [6.45, 7) is 13.5. The first kappa shape index (κ1) is 32.5. The number of amides is 1. The summed E-state index contributed by atoms with van der Waals surface area (Å²) in [5.74, 6) is 1.69. The number of carbonyl (C=O) groups excluding carboxylic acids is 1. The van der Waals surface area contributed by atoms with Crippen LogP contribution >= 0.6 is 0 Å². The first-order valence-electron chi connectivity index (χ1n) is 16.6. The smallest absolute Gasteiger partial charge is 0.303 e. The standard InChI is InChI=1S/C38H49N3O4/c1-6-27-10-13-32(37(44)41(25-38(3,4)5)35-20-26(2)14-17-39-35)34(21-27)40-18-15-28(16-19-40)24-45-31-9-7-8-30(22-31)33(23-36(42)43)29-11-12-29/h7-10,13-14,17,20-22,28-29,33H,6,11-12,15-16,18-19,23-25H2,1-5H3,(H,42,43). The molecule has 1 saturated carbocycles. The number of piperidine rings is 1. The van der Waals surface area contributed by atoms with E-state index in [9.17, 15) is 14.7 Å². The Morgan fingerprint density at radius 3 is 2.44 bits per heavy atom. The molecule has 1 saturated heterocycles. The van der Waals surface area contributed by atoms with Crippen molar-refractivity contribution >= 4 is 23.4 Å². The van der Waals surface area contributed by atoms with Gasteiger partial charge in [0.15, 0.2) is 0 Å². The zero-order valence-electron chi connectivity index (χ0n) is 27.6. The fraction of sp³-hybridized carbons (Fsp3) is 0.500. The number of hydrogen-bond acceptors (Lipinski definition) is 5. The topological polar surface area (TPSA) is 83.0 Å². The zero-order valence-corrected chi connectivity index (χ0v) is 27.6. The molecule has 240 valence electrons. The summed E-state index contributed by atoms with van der Waals surface area (Å²) >= 11 is 0. The van der Waals surface area contributed by atoms with Crippen molar-refractivity contribution in [2.45, 2.75) is 79.1 Å². The van der Waals surface area contributed by atoms with Crippen LogP contribution in [-0.2, 0) is 11.2 Å². The van der Waals surface area contributed by atoms with E-state index >= 15 is 0 Å². The maximum atomic E-state index is 14.3. The number of rotatable bonds is 12. The number of nitrogens with zero attached hydrogens (tertiary/aromatic N) is 3. The van der Waals surface area contributed by atoms with Crippen LogP contribution in [0, 0.1) is 24.2 Å². The third kappa shape index (κ3) is 8.65. The Bertz CT molecular complexity index is 1480. The molecule has 2 fully saturated rings. The number of ether oxygens (including phenoxy) is 1. The van der Waals surface area contributed by atoms with Gasteiger partial charge < -0.3 is 14.7 Å². The van der Waals surface area contributed by atoms with Gasteiger partial charge in [-0.1, -0.05) is 45.9 Å². The molecule has 2 aliphatic rings. The maximum absolute atomic E-state index is 14.3. The first-order chi connectivity index (χ1) is 21.5. The second-order valence-electron chi connectivity index (χ2n) is 14.2. The molecule has 1 atom stereocenters. The molecule has 1 aliphatic heterocycles. The van der Waals surface area contributed by atoms with Gasteiger partial charge in [-0.15, -0.1) is 0 Å². The fourth-order valence-corrected chi connectivity index (χ4v) is 6.42. The third-order valence-corrected chi connectivity index (χ3v) is 9.07. The molecule has 1 aliphatic carbocycles. The van der Waals surface area contributed by atoms with Crippen molar-refractivity contribution in [1.82, 2.24) is 4.98 Å². The first-order valence-corrected chi connectivity index (χ1v) is 16.6. The third-order valence-electron chi connectivity index (χ3n) is 9.07. The van der Waals surface area contributed by atoms with E-state index in [-0.39, 0.29) is 23.7 Å². The summed E-state index contributed by atoms with van der Waals surface area (Å²) in [5, 5.41) is 9.42. The molecule has 2 heterocycles. The molecule has 5 rings (SSSR count). The van der Waals surface area contributed by atoms with Crippen molar-refractivity contribution in [2.75, 3.05) is 36.0 Å². The van der Waals surface area contributed by atoms with E-state index in [1.54, 1.807) is 6.20 Å². The number of anilines is 2. The Labute approximate surface area is 268 Å². The van der Waals surface area contributed by atoms with E-state index in [0.29, 0.717) is 30.8 Å². The van der Waals surface area contributed by atoms with Gasteiger partial charge in [-0.2, -0.15) is 0 Å². The highest BCUT2D eigenvalue weighted by molar-refractivity contribution is 6.09. The minimum absolute atomic E-state index is 0.0154. The van der Waals surface area contributed by atoms with Crippen LogP contribution in [0.3, 0.4) is 0 Å². The number of carboxylic acids is 1. The Hall–Kier alpha value is -3.87. The predicted molar refractivity (Wildman–Crippen MR) is 181 cm³/mol. The number of aromatic nitrogens is 1. The highest BCUT2D eigenvalue weighted by Crippen LogP contribution is 2.45. The largest absolute Gasteiger partial charge is 0.493 e. The van der Waals surface area contributed by atoms with Gasteiger partial charge >= 0.3 is 5.97 Å². The van der Waals surface area contributed by atoms with Gasteiger partial charge in [0, 0.05) is 31.5 Å². The van der Waals surface area contributed by atoms with Crippen LogP contribution in [0.4, 0.5) is 11.5 Å². The zero-order chi connectivity index (χ0) is 32.1. The summed E-state index contributed by atoms with van der Waals surface area (Å²) in [6.07, 6.45) is 7.01. The number of pyridine rings is 1. The van der Waals surface area contributed by atoms with Crippen LogP contribution in [0.15, 0.2) is 60.8 Å². The van der Waals surface area contributed by atoms with Crippen LogP contribution < -0.4 is 14.5 Å². The SMILES string of the molecule is CCc1ccc(C(=O)N(CC(C)(C)C)c2cc(C)ccn2)c(N2CCC(COc3cccc(C(CC(=O)O)C4CC4)c3)CC2)c1. The molecule has 7 nitrogen and oxygen atoms in total. The van der Waals surface area contributed by atoms with E-state index in [1.807, 2.05) is 54.3 Å². The van der Waals surface area contributed by atoms with Gasteiger partial charge in [0.05, 0.1) is 18.6 Å². The fourth-order valence-electron chi connectivity index (χ4n) is 6.42. The normalized spacial score (nSPS) is 16.3. The molecule has 1 N–H and O–H groups in total. The van der Waals surface area contributed by atoms with E-state index in [0.717, 1.165) is 73.3 Å². The van der Waals surface area contributed by atoms with Crippen molar-refractivity contribution in [3.05, 3.63) is 83.0 Å². The van der Waals surface area contributed by atoms with Crippen LogP contribution in [0.25, 0.3) is 0 Å².